The second kappa shape index (κ2) is 26.1. The molecular formula is C37H70O7. The number of esters is 1. The van der Waals surface area contributed by atoms with Crippen LogP contribution in [0.2, 0.25) is 0 Å². The molecule has 44 heavy (non-hydrogen) atoms. The normalized spacial score (nSPS) is 22.6. The van der Waals surface area contributed by atoms with E-state index in [1.807, 2.05) is 13.0 Å². The van der Waals surface area contributed by atoms with Crippen molar-refractivity contribution in [3.05, 3.63) is 11.6 Å². The fraction of sp³-hybridized carbons (Fsp3) is 0.919. The minimum atomic E-state index is -0.578. The Balaban J connectivity index is 0.000000442. The summed E-state index contributed by atoms with van der Waals surface area (Å²) in [4.78, 5) is 11.4. The zero-order valence-corrected chi connectivity index (χ0v) is 28.9. The van der Waals surface area contributed by atoms with E-state index in [0.717, 1.165) is 77.0 Å². The second-order valence-corrected chi connectivity index (χ2v) is 13.5. The molecule has 0 aromatic carbocycles. The van der Waals surface area contributed by atoms with Crippen LogP contribution in [0.3, 0.4) is 0 Å². The minimum Gasteiger partial charge on any atom is -0.455 e. The van der Waals surface area contributed by atoms with Crippen LogP contribution in [0.15, 0.2) is 11.6 Å². The average molecular weight is 627 g/mol. The van der Waals surface area contributed by atoms with E-state index in [4.69, 9.17) is 9.47 Å². The van der Waals surface area contributed by atoms with E-state index in [-0.39, 0.29) is 24.3 Å². The molecule has 2 aliphatic heterocycles. The van der Waals surface area contributed by atoms with Crippen LogP contribution in [0.5, 0.6) is 0 Å². The van der Waals surface area contributed by atoms with Gasteiger partial charge in [-0.15, -0.1) is 0 Å². The van der Waals surface area contributed by atoms with Gasteiger partial charge in [0.25, 0.3) is 0 Å². The van der Waals surface area contributed by atoms with Gasteiger partial charge in [-0.1, -0.05) is 117 Å². The van der Waals surface area contributed by atoms with Gasteiger partial charge in [0.05, 0.1) is 36.6 Å². The number of cyclic esters (lactones) is 1. The van der Waals surface area contributed by atoms with Gasteiger partial charge in [-0.05, 0) is 58.4 Å². The third-order valence-corrected chi connectivity index (χ3v) is 9.08. The summed E-state index contributed by atoms with van der Waals surface area (Å²) in [6.45, 7) is 8.29. The van der Waals surface area contributed by atoms with E-state index in [1.54, 1.807) is 0 Å². The first-order valence-electron chi connectivity index (χ1n) is 18.5. The van der Waals surface area contributed by atoms with Gasteiger partial charge >= 0.3 is 5.97 Å². The molecule has 7 atom stereocenters. The first kappa shape index (κ1) is 41.0. The molecule has 260 valence electrons. The maximum absolute atomic E-state index is 11.4. The fourth-order valence-electron chi connectivity index (χ4n) is 6.18. The van der Waals surface area contributed by atoms with E-state index in [9.17, 15) is 25.2 Å². The second-order valence-electron chi connectivity index (χ2n) is 13.5. The lowest BCUT2D eigenvalue weighted by Crippen LogP contribution is -2.26. The largest absolute Gasteiger partial charge is 0.455 e. The maximum Gasteiger partial charge on any atom is 0.334 e. The summed E-state index contributed by atoms with van der Waals surface area (Å²) in [5, 5.41) is 39.8. The molecule has 0 aromatic heterocycles. The van der Waals surface area contributed by atoms with Crippen LogP contribution in [0.1, 0.15) is 175 Å². The Bertz CT molecular complexity index is 727. The number of rotatable bonds is 25. The van der Waals surface area contributed by atoms with E-state index < -0.39 is 18.3 Å². The highest BCUT2D eigenvalue weighted by molar-refractivity contribution is 5.90. The average Bonchev–Trinajstić information content (AvgIpc) is 3.57. The van der Waals surface area contributed by atoms with Crippen LogP contribution in [0.25, 0.3) is 0 Å². The zero-order valence-electron chi connectivity index (χ0n) is 28.9. The van der Waals surface area contributed by atoms with Crippen LogP contribution in [0.4, 0.5) is 0 Å². The van der Waals surface area contributed by atoms with Crippen LogP contribution in [0, 0.1) is 0 Å². The summed E-state index contributed by atoms with van der Waals surface area (Å²) < 4.78 is 10.7. The van der Waals surface area contributed by atoms with Crippen molar-refractivity contribution in [1.82, 2.24) is 0 Å². The molecule has 4 N–H and O–H groups in total. The molecule has 2 heterocycles. The predicted molar refractivity (Wildman–Crippen MR) is 180 cm³/mol. The number of aliphatic hydroxyl groups is 4. The Morgan fingerprint density at radius 3 is 1.66 bits per heavy atom. The predicted octanol–water partition coefficient (Wildman–Crippen LogP) is 8.09. The highest BCUT2D eigenvalue weighted by atomic mass is 16.5. The quantitative estimate of drug-likeness (QED) is 0.0598. The first-order chi connectivity index (χ1) is 21.2. The number of ether oxygens (including phenoxy) is 2. The van der Waals surface area contributed by atoms with Gasteiger partial charge in [0.2, 0.25) is 0 Å². The Labute approximate surface area is 270 Å². The van der Waals surface area contributed by atoms with Crippen LogP contribution in [-0.2, 0) is 14.3 Å². The highest BCUT2D eigenvalue weighted by Gasteiger charge is 2.28. The van der Waals surface area contributed by atoms with Gasteiger partial charge in [0, 0.05) is 12.0 Å². The van der Waals surface area contributed by atoms with Crippen molar-refractivity contribution < 1.29 is 34.7 Å². The molecule has 2 rings (SSSR count). The summed E-state index contributed by atoms with van der Waals surface area (Å²) in [6.07, 6.45) is 24.5. The van der Waals surface area contributed by atoms with E-state index in [1.165, 1.54) is 51.4 Å². The number of aliphatic hydroxyl groups excluding tert-OH is 4. The zero-order chi connectivity index (χ0) is 32.6. The monoisotopic (exact) mass is 627 g/mol. The topological polar surface area (TPSA) is 116 Å². The number of hydrogen-bond donors (Lipinski definition) is 4. The van der Waals surface area contributed by atoms with Crippen molar-refractivity contribution in [2.45, 2.75) is 218 Å². The molecule has 7 nitrogen and oxygen atoms in total. The SMILES string of the molecule is CCCCCC(O)C(O)CCCCCC[C@H](O)[C@@H]1CC[C@@H](C)O1.CCCCCCCCCCC[C@H](O)CC1=C[C@H](C)OC1=O. The Hall–Kier alpha value is -0.990. The molecule has 0 saturated carbocycles. The molecule has 0 radical (unpaired) electrons. The standard InChI is InChI=1S/C19H38O4.C18H32O3/c1-3-4-7-10-16(20)17(21)11-8-5-6-9-12-18(22)19-14-13-15(2)23-19;1-3-4-5-6-7-8-9-10-11-12-17(19)14-16-13-15(2)21-18(16)20/h15-22H,3-14H2,1-2H3;13,15,17,19H,3-12,14H2,1-2H3/t15-,16?,17?,18+,19+;15-,17-/m10/s1. The van der Waals surface area contributed by atoms with Crippen LogP contribution in [-0.4, -0.2) is 69.1 Å². The molecular weight excluding hydrogens is 556 g/mol. The summed E-state index contributed by atoms with van der Waals surface area (Å²) >= 11 is 0. The van der Waals surface area contributed by atoms with Gasteiger partial charge < -0.3 is 29.9 Å². The van der Waals surface area contributed by atoms with E-state index >= 15 is 0 Å². The Morgan fingerprint density at radius 2 is 1.16 bits per heavy atom. The lowest BCUT2D eigenvalue weighted by atomic mass is 9.99. The summed E-state index contributed by atoms with van der Waals surface area (Å²) in [6, 6.07) is 0. The molecule has 2 unspecified atom stereocenters. The third kappa shape index (κ3) is 20.2. The molecule has 1 saturated heterocycles. The van der Waals surface area contributed by atoms with Crippen molar-refractivity contribution in [3.8, 4) is 0 Å². The Morgan fingerprint density at radius 1 is 0.682 bits per heavy atom. The van der Waals surface area contributed by atoms with Gasteiger partial charge in [-0.2, -0.15) is 0 Å². The lowest BCUT2D eigenvalue weighted by Gasteiger charge is -2.19. The number of carbonyl (C=O) groups excluding carboxylic acids is 1. The van der Waals surface area contributed by atoms with Gasteiger partial charge in [0.1, 0.15) is 6.10 Å². The summed E-state index contributed by atoms with van der Waals surface area (Å²) in [5.41, 5.74) is 0.644. The van der Waals surface area contributed by atoms with E-state index in [2.05, 4.69) is 20.8 Å². The lowest BCUT2D eigenvalue weighted by molar-refractivity contribution is -0.139. The third-order valence-electron chi connectivity index (χ3n) is 9.08. The molecule has 0 spiro atoms. The van der Waals surface area contributed by atoms with Crippen LogP contribution >= 0.6 is 0 Å². The minimum absolute atomic E-state index is 0.0325. The van der Waals surface area contributed by atoms with Gasteiger partial charge in [-0.25, -0.2) is 4.79 Å². The fourth-order valence-corrected chi connectivity index (χ4v) is 6.18. The van der Waals surface area contributed by atoms with Crippen molar-refractivity contribution >= 4 is 5.97 Å². The molecule has 0 aromatic rings. The highest BCUT2D eigenvalue weighted by Crippen LogP contribution is 2.24. The first-order valence-corrected chi connectivity index (χ1v) is 18.5. The van der Waals surface area contributed by atoms with Crippen molar-refractivity contribution in [1.29, 1.82) is 0 Å². The smallest absolute Gasteiger partial charge is 0.334 e. The van der Waals surface area contributed by atoms with Crippen molar-refractivity contribution in [2.24, 2.45) is 0 Å². The Kier molecular flexibility index (Phi) is 24.4. The van der Waals surface area contributed by atoms with Gasteiger partial charge in [-0.3, -0.25) is 0 Å². The number of hydrogen-bond acceptors (Lipinski definition) is 7. The van der Waals surface area contributed by atoms with E-state index in [0.29, 0.717) is 30.9 Å². The molecule has 7 heteroatoms. The summed E-state index contributed by atoms with van der Waals surface area (Å²) in [7, 11) is 0. The van der Waals surface area contributed by atoms with Crippen LogP contribution < -0.4 is 0 Å². The van der Waals surface area contributed by atoms with Crippen molar-refractivity contribution in [2.75, 3.05) is 0 Å². The molecule has 0 bridgehead atoms. The van der Waals surface area contributed by atoms with Crippen molar-refractivity contribution in [3.63, 3.8) is 0 Å². The maximum atomic E-state index is 11.4. The summed E-state index contributed by atoms with van der Waals surface area (Å²) in [5.74, 6) is -0.256. The molecule has 0 amide bonds. The molecule has 0 aliphatic carbocycles. The number of unbranched alkanes of at least 4 members (excludes halogenated alkanes) is 13. The number of carbonyl (C=O) groups is 1. The molecule has 2 aliphatic rings. The molecule has 1 fully saturated rings. The van der Waals surface area contributed by atoms with Gasteiger partial charge in [0.15, 0.2) is 0 Å².